The third-order valence-corrected chi connectivity index (χ3v) is 5.16. The van der Waals surface area contributed by atoms with E-state index in [-0.39, 0.29) is 35.5 Å². The molecule has 3 rings (SSSR count). The molecule has 1 aliphatic heterocycles. The Bertz CT molecular complexity index is 767. The van der Waals surface area contributed by atoms with Gasteiger partial charge in [-0.25, -0.2) is 9.07 Å². The van der Waals surface area contributed by atoms with Crippen LogP contribution in [0.1, 0.15) is 55.6 Å². The smallest absolute Gasteiger partial charge is 0.254 e. The lowest BCUT2D eigenvalue weighted by atomic mass is 9.81. The first kappa shape index (κ1) is 21.4. The zero-order valence-electron chi connectivity index (χ0n) is 16.1. The van der Waals surface area contributed by atoms with Crippen molar-refractivity contribution in [2.24, 2.45) is 5.41 Å². The van der Waals surface area contributed by atoms with E-state index in [0.29, 0.717) is 12.1 Å². The van der Waals surface area contributed by atoms with E-state index in [1.807, 2.05) is 13.8 Å². The van der Waals surface area contributed by atoms with Gasteiger partial charge in [0.25, 0.3) is 5.91 Å². The van der Waals surface area contributed by atoms with Crippen molar-refractivity contribution >= 4 is 18.3 Å². The number of halogens is 2. The number of nitrogens with zero attached hydrogens (tertiary/aromatic N) is 2. The minimum atomic E-state index is -0.291. The third kappa shape index (κ3) is 4.87. The van der Waals surface area contributed by atoms with Crippen LogP contribution in [0.25, 0.3) is 5.69 Å². The molecule has 0 spiro atoms. The van der Waals surface area contributed by atoms with E-state index in [4.69, 9.17) is 0 Å². The third-order valence-electron chi connectivity index (χ3n) is 5.16. The highest BCUT2D eigenvalue weighted by molar-refractivity contribution is 5.95. The topological polar surface area (TPSA) is 59.0 Å². The number of carbonyl (C=O) groups excluding carboxylic acids is 1. The first-order chi connectivity index (χ1) is 12.4. The lowest BCUT2D eigenvalue weighted by molar-refractivity contribution is 0.0921. The van der Waals surface area contributed by atoms with Crippen molar-refractivity contribution in [3.8, 4) is 5.69 Å². The Hall–Kier alpha value is -1.92. The number of hydrogen-bond acceptors (Lipinski definition) is 3. The zero-order chi connectivity index (χ0) is 18.7. The van der Waals surface area contributed by atoms with Gasteiger partial charge in [-0.1, -0.05) is 20.8 Å². The Morgan fingerprint density at radius 3 is 2.52 bits per heavy atom. The molecule has 2 N–H and O–H groups in total. The van der Waals surface area contributed by atoms with Gasteiger partial charge in [0.1, 0.15) is 5.82 Å². The molecule has 0 atom stereocenters. The van der Waals surface area contributed by atoms with Crippen molar-refractivity contribution in [3.05, 3.63) is 47.5 Å². The van der Waals surface area contributed by atoms with Gasteiger partial charge in [-0.05, 0) is 61.5 Å². The molecule has 1 amide bonds. The van der Waals surface area contributed by atoms with E-state index < -0.39 is 0 Å². The summed E-state index contributed by atoms with van der Waals surface area (Å²) in [5.41, 5.74) is 2.30. The number of carbonyl (C=O) groups is 1. The van der Waals surface area contributed by atoms with Crippen LogP contribution in [0.5, 0.6) is 0 Å². The standard InChI is InChI=1S/C20H27FN4O.ClH/c1-14(2)18-17(12-24-25(18)16-6-4-15(21)5-7-16)19(26)23-13-20(3)8-10-22-11-9-20;/h4-7,12,14,22H,8-11,13H2,1-3H3,(H,23,26);1H. The van der Waals surface area contributed by atoms with E-state index >= 15 is 0 Å². The van der Waals surface area contributed by atoms with E-state index in [1.54, 1.807) is 23.0 Å². The molecule has 7 heteroatoms. The van der Waals surface area contributed by atoms with Gasteiger partial charge in [-0.2, -0.15) is 5.10 Å². The second-order valence-corrected chi connectivity index (χ2v) is 7.73. The molecular weight excluding hydrogens is 367 g/mol. The van der Waals surface area contributed by atoms with Crippen LogP contribution < -0.4 is 10.6 Å². The number of nitrogens with one attached hydrogen (secondary N) is 2. The average molecular weight is 395 g/mol. The van der Waals surface area contributed by atoms with Gasteiger partial charge in [-0.3, -0.25) is 4.79 Å². The molecule has 0 unspecified atom stereocenters. The fraction of sp³-hybridized carbons (Fsp3) is 0.500. The number of rotatable bonds is 5. The predicted octanol–water partition coefficient (Wildman–Crippen LogP) is 3.68. The fourth-order valence-electron chi connectivity index (χ4n) is 3.47. The Labute approximate surface area is 166 Å². The molecule has 0 saturated carbocycles. The molecule has 1 aromatic carbocycles. The van der Waals surface area contributed by atoms with E-state index in [0.717, 1.165) is 37.3 Å². The maximum absolute atomic E-state index is 13.2. The average Bonchev–Trinajstić information content (AvgIpc) is 3.06. The van der Waals surface area contributed by atoms with E-state index in [2.05, 4.69) is 22.7 Å². The first-order valence-electron chi connectivity index (χ1n) is 9.22. The molecule has 0 aliphatic carbocycles. The molecule has 2 aromatic rings. The van der Waals surface area contributed by atoms with Crippen molar-refractivity contribution in [2.75, 3.05) is 19.6 Å². The second kappa shape index (κ2) is 8.85. The minimum Gasteiger partial charge on any atom is -0.351 e. The monoisotopic (exact) mass is 394 g/mol. The lowest BCUT2D eigenvalue weighted by Crippen LogP contribution is -2.43. The van der Waals surface area contributed by atoms with Crippen molar-refractivity contribution in [3.63, 3.8) is 0 Å². The Morgan fingerprint density at radius 2 is 1.93 bits per heavy atom. The molecule has 1 saturated heterocycles. The molecule has 2 heterocycles. The van der Waals surface area contributed by atoms with Gasteiger partial charge in [0.05, 0.1) is 23.1 Å². The molecule has 1 aromatic heterocycles. The van der Waals surface area contributed by atoms with Crippen molar-refractivity contribution in [1.82, 2.24) is 20.4 Å². The first-order valence-corrected chi connectivity index (χ1v) is 9.22. The van der Waals surface area contributed by atoms with Crippen molar-refractivity contribution in [2.45, 2.75) is 39.5 Å². The molecule has 5 nitrogen and oxygen atoms in total. The van der Waals surface area contributed by atoms with Crippen molar-refractivity contribution < 1.29 is 9.18 Å². The normalized spacial score (nSPS) is 16.0. The van der Waals surface area contributed by atoms with Gasteiger partial charge >= 0.3 is 0 Å². The summed E-state index contributed by atoms with van der Waals surface area (Å²) in [6.07, 6.45) is 3.72. The highest BCUT2D eigenvalue weighted by Gasteiger charge is 2.28. The summed E-state index contributed by atoms with van der Waals surface area (Å²) < 4.78 is 14.9. The number of amides is 1. The van der Waals surface area contributed by atoms with E-state index in [1.165, 1.54) is 12.1 Å². The Balaban J connectivity index is 0.00000261. The van der Waals surface area contributed by atoms with Crippen LogP contribution in [-0.2, 0) is 0 Å². The lowest BCUT2D eigenvalue weighted by Gasteiger charge is -2.34. The fourth-order valence-corrected chi connectivity index (χ4v) is 3.47. The van der Waals surface area contributed by atoms with Crippen molar-refractivity contribution in [1.29, 1.82) is 0 Å². The molecular formula is C20H28ClFN4O. The van der Waals surface area contributed by atoms with Gasteiger partial charge in [0.15, 0.2) is 0 Å². The minimum absolute atomic E-state index is 0. The quantitative estimate of drug-likeness (QED) is 0.813. The molecule has 0 radical (unpaired) electrons. The summed E-state index contributed by atoms with van der Waals surface area (Å²) in [6, 6.07) is 6.15. The van der Waals surface area contributed by atoms with Crippen LogP contribution in [0.15, 0.2) is 30.5 Å². The highest BCUT2D eigenvalue weighted by Crippen LogP contribution is 2.27. The predicted molar refractivity (Wildman–Crippen MR) is 107 cm³/mol. The number of aromatic nitrogens is 2. The number of hydrogen-bond donors (Lipinski definition) is 2. The Kier molecular flexibility index (Phi) is 7.00. The van der Waals surface area contributed by atoms with Gasteiger partial charge in [0.2, 0.25) is 0 Å². The molecule has 1 aliphatic rings. The van der Waals surface area contributed by atoms with Crippen LogP contribution in [-0.4, -0.2) is 35.3 Å². The Morgan fingerprint density at radius 1 is 1.30 bits per heavy atom. The van der Waals surface area contributed by atoms with Crippen LogP contribution >= 0.6 is 12.4 Å². The number of benzene rings is 1. The summed E-state index contributed by atoms with van der Waals surface area (Å²) in [5.74, 6) is -0.278. The van der Waals surface area contributed by atoms with Crippen LogP contribution in [0.3, 0.4) is 0 Å². The summed E-state index contributed by atoms with van der Waals surface area (Å²) in [5, 5.41) is 10.8. The summed E-state index contributed by atoms with van der Waals surface area (Å²) in [6.45, 7) is 8.92. The highest BCUT2D eigenvalue weighted by atomic mass is 35.5. The molecule has 27 heavy (non-hydrogen) atoms. The molecule has 0 bridgehead atoms. The van der Waals surface area contributed by atoms with Gasteiger partial charge in [-0.15, -0.1) is 12.4 Å². The van der Waals surface area contributed by atoms with E-state index in [9.17, 15) is 9.18 Å². The second-order valence-electron chi connectivity index (χ2n) is 7.73. The maximum atomic E-state index is 13.2. The molecule has 1 fully saturated rings. The number of piperidine rings is 1. The van der Waals surface area contributed by atoms with Gasteiger partial charge < -0.3 is 10.6 Å². The van der Waals surface area contributed by atoms with Crippen LogP contribution in [0.4, 0.5) is 4.39 Å². The summed E-state index contributed by atoms with van der Waals surface area (Å²) >= 11 is 0. The van der Waals surface area contributed by atoms with Gasteiger partial charge in [0, 0.05) is 6.54 Å². The van der Waals surface area contributed by atoms with Crippen LogP contribution in [0, 0.1) is 11.2 Å². The largest absolute Gasteiger partial charge is 0.351 e. The van der Waals surface area contributed by atoms with Crippen LogP contribution in [0.2, 0.25) is 0 Å². The summed E-state index contributed by atoms with van der Waals surface area (Å²) in [4.78, 5) is 12.8. The molecule has 148 valence electrons. The maximum Gasteiger partial charge on any atom is 0.254 e. The zero-order valence-corrected chi connectivity index (χ0v) is 16.9. The summed E-state index contributed by atoms with van der Waals surface area (Å²) in [7, 11) is 0. The SMILES string of the molecule is CC(C)c1c(C(=O)NCC2(C)CCNCC2)cnn1-c1ccc(F)cc1.Cl.